The number of aromatic hydroxyl groups is 1. The molecule has 1 aliphatic heterocycles. The molecule has 0 bridgehead atoms. The summed E-state index contributed by atoms with van der Waals surface area (Å²) in [5.41, 5.74) is 0.849. The Bertz CT molecular complexity index is 413. The number of carboxylic acid groups (broad SMARTS) is 1. The lowest BCUT2D eigenvalue weighted by Gasteiger charge is -2.02. The van der Waals surface area contributed by atoms with E-state index in [1.807, 2.05) is 0 Å². The van der Waals surface area contributed by atoms with Crippen LogP contribution in [0.1, 0.15) is 5.56 Å². The van der Waals surface area contributed by atoms with Crippen LogP contribution in [0.4, 0.5) is 0 Å². The van der Waals surface area contributed by atoms with Gasteiger partial charge in [0.25, 0.3) is 0 Å². The number of rotatable bonds is 2. The third-order valence-electron chi connectivity index (χ3n) is 2.04. The molecule has 1 atom stereocenters. The van der Waals surface area contributed by atoms with Crippen molar-refractivity contribution < 1.29 is 15.0 Å². The van der Waals surface area contributed by atoms with Gasteiger partial charge in [-0.15, -0.1) is 0 Å². The van der Waals surface area contributed by atoms with Gasteiger partial charge in [-0.1, -0.05) is 11.8 Å². The molecule has 0 aromatic heterocycles. The highest BCUT2D eigenvalue weighted by Gasteiger charge is 2.26. The Hall–Kier alpha value is -1.49. The quantitative estimate of drug-likeness (QED) is 0.793. The van der Waals surface area contributed by atoms with E-state index in [1.165, 1.54) is 11.8 Å². The van der Waals surface area contributed by atoms with E-state index < -0.39 is 11.2 Å². The molecule has 1 heterocycles. The van der Waals surface area contributed by atoms with Gasteiger partial charge in [0.05, 0.1) is 11.6 Å². The molecule has 0 saturated heterocycles. The Morgan fingerprint density at radius 3 is 2.60 bits per heavy atom. The van der Waals surface area contributed by atoms with Gasteiger partial charge in [0.1, 0.15) is 11.0 Å². The van der Waals surface area contributed by atoms with Crippen LogP contribution in [0.3, 0.4) is 0 Å². The molecular formula is C10H9NO3S. The number of hydrogen-bond acceptors (Lipinski definition) is 4. The summed E-state index contributed by atoms with van der Waals surface area (Å²) in [6, 6.07) is 6.58. The summed E-state index contributed by atoms with van der Waals surface area (Å²) in [5, 5.41) is 18.1. The number of thioether (sulfide) groups is 1. The van der Waals surface area contributed by atoms with Crippen molar-refractivity contribution in [2.24, 2.45) is 4.99 Å². The van der Waals surface area contributed by atoms with Crippen LogP contribution >= 0.6 is 11.8 Å². The third kappa shape index (κ3) is 2.12. The lowest BCUT2D eigenvalue weighted by molar-refractivity contribution is -0.136. The highest BCUT2D eigenvalue weighted by atomic mass is 32.2. The topological polar surface area (TPSA) is 69.9 Å². The van der Waals surface area contributed by atoms with Gasteiger partial charge in [0, 0.05) is 5.56 Å². The second kappa shape index (κ2) is 3.94. The molecule has 0 aliphatic carbocycles. The van der Waals surface area contributed by atoms with Gasteiger partial charge in [0.2, 0.25) is 0 Å². The first-order valence-electron chi connectivity index (χ1n) is 4.40. The van der Waals surface area contributed by atoms with E-state index >= 15 is 0 Å². The highest BCUT2D eigenvalue weighted by molar-refractivity contribution is 8.15. The fraction of sp³-hybridized carbons (Fsp3) is 0.200. The molecule has 2 N–H and O–H groups in total. The van der Waals surface area contributed by atoms with Crippen molar-refractivity contribution in [3.8, 4) is 5.75 Å². The molecule has 1 aromatic carbocycles. The minimum absolute atomic E-state index is 0.192. The van der Waals surface area contributed by atoms with Crippen LogP contribution in [0.25, 0.3) is 0 Å². The van der Waals surface area contributed by atoms with Crippen molar-refractivity contribution in [3.05, 3.63) is 29.8 Å². The van der Waals surface area contributed by atoms with Gasteiger partial charge < -0.3 is 10.2 Å². The number of aliphatic imine (C=N–C) groups is 1. The Morgan fingerprint density at radius 2 is 2.07 bits per heavy atom. The number of phenolic OH excluding ortho intramolecular Hbond substituents is 1. The number of phenols is 1. The first kappa shape index (κ1) is 10.0. The van der Waals surface area contributed by atoms with Crippen molar-refractivity contribution >= 4 is 22.8 Å². The fourth-order valence-corrected chi connectivity index (χ4v) is 2.21. The van der Waals surface area contributed by atoms with Gasteiger partial charge in [0.15, 0.2) is 0 Å². The van der Waals surface area contributed by atoms with Crippen molar-refractivity contribution in [2.45, 2.75) is 5.25 Å². The molecule has 0 amide bonds. The summed E-state index contributed by atoms with van der Waals surface area (Å²) in [4.78, 5) is 14.9. The van der Waals surface area contributed by atoms with Gasteiger partial charge in [-0.3, -0.25) is 9.79 Å². The zero-order valence-corrected chi connectivity index (χ0v) is 8.57. The Balaban J connectivity index is 2.14. The van der Waals surface area contributed by atoms with Crippen LogP contribution in [-0.2, 0) is 4.79 Å². The van der Waals surface area contributed by atoms with Gasteiger partial charge in [-0.2, -0.15) is 0 Å². The van der Waals surface area contributed by atoms with Gasteiger partial charge >= 0.3 is 5.97 Å². The molecule has 0 radical (unpaired) electrons. The number of nitrogens with zero attached hydrogens (tertiary/aromatic N) is 1. The van der Waals surface area contributed by atoms with E-state index in [0.717, 1.165) is 10.6 Å². The summed E-state index contributed by atoms with van der Waals surface area (Å²) < 4.78 is 0. The maximum atomic E-state index is 10.7. The monoisotopic (exact) mass is 223 g/mol. The summed E-state index contributed by atoms with van der Waals surface area (Å²) >= 11 is 1.25. The maximum absolute atomic E-state index is 10.7. The van der Waals surface area contributed by atoms with Crippen molar-refractivity contribution in [1.29, 1.82) is 0 Å². The molecule has 1 unspecified atom stereocenters. The van der Waals surface area contributed by atoms with Crippen LogP contribution < -0.4 is 0 Å². The van der Waals surface area contributed by atoms with Crippen LogP contribution in [0.15, 0.2) is 29.3 Å². The van der Waals surface area contributed by atoms with Gasteiger partial charge in [-0.05, 0) is 24.3 Å². The second-order valence-corrected chi connectivity index (χ2v) is 4.33. The predicted octanol–water partition coefficient (Wildman–Crippen LogP) is 1.34. The van der Waals surface area contributed by atoms with Crippen LogP contribution in [0.2, 0.25) is 0 Å². The number of benzene rings is 1. The minimum Gasteiger partial charge on any atom is -0.508 e. The Kier molecular flexibility index (Phi) is 2.64. The van der Waals surface area contributed by atoms with Crippen molar-refractivity contribution in [1.82, 2.24) is 0 Å². The maximum Gasteiger partial charge on any atom is 0.318 e. The number of hydrogen-bond donors (Lipinski definition) is 2. The lowest BCUT2D eigenvalue weighted by atomic mass is 10.2. The third-order valence-corrected chi connectivity index (χ3v) is 3.27. The molecule has 0 spiro atoms. The molecule has 4 nitrogen and oxygen atoms in total. The summed E-state index contributed by atoms with van der Waals surface area (Å²) in [5.74, 6) is -0.644. The largest absolute Gasteiger partial charge is 0.508 e. The van der Waals surface area contributed by atoms with E-state index in [2.05, 4.69) is 4.99 Å². The van der Waals surface area contributed by atoms with Gasteiger partial charge in [-0.25, -0.2) is 0 Å². The lowest BCUT2D eigenvalue weighted by Crippen LogP contribution is -2.16. The second-order valence-electron chi connectivity index (χ2n) is 3.14. The molecule has 2 rings (SSSR count). The molecule has 1 aromatic rings. The molecule has 0 saturated carbocycles. The van der Waals surface area contributed by atoms with Crippen LogP contribution in [0, 0.1) is 0 Å². The van der Waals surface area contributed by atoms with E-state index in [0.29, 0.717) is 6.54 Å². The Labute approximate surface area is 90.7 Å². The molecule has 78 valence electrons. The first-order chi connectivity index (χ1) is 7.16. The van der Waals surface area contributed by atoms with E-state index in [4.69, 9.17) is 10.2 Å². The normalized spacial score (nSPS) is 20.0. The summed E-state index contributed by atoms with van der Waals surface area (Å²) in [6.07, 6.45) is 0. The van der Waals surface area contributed by atoms with Crippen molar-refractivity contribution in [2.75, 3.05) is 6.54 Å². The average molecular weight is 223 g/mol. The smallest absolute Gasteiger partial charge is 0.318 e. The van der Waals surface area contributed by atoms with Crippen LogP contribution in [0.5, 0.6) is 5.75 Å². The number of carboxylic acids is 1. The molecule has 5 heteroatoms. The van der Waals surface area contributed by atoms with E-state index in [1.54, 1.807) is 24.3 Å². The average Bonchev–Trinajstić information content (AvgIpc) is 2.68. The summed E-state index contributed by atoms with van der Waals surface area (Å²) in [7, 11) is 0. The molecule has 1 aliphatic rings. The number of carbonyl (C=O) groups is 1. The fourth-order valence-electron chi connectivity index (χ4n) is 1.27. The molecular weight excluding hydrogens is 214 g/mol. The SMILES string of the molecule is O=C(O)C1CN=C(c2ccc(O)cc2)S1. The van der Waals surface area contributed by atoms with E-state index in [9.17, 15) is 4.79 Å². The highest BCUT2D eigenvalue weighted by Crippen LogP contribution is 2.26. The number of aliphatic carboxylic acids is 1. The summed E-state index contributed by atoms with van der Waals surface area (Å²) in [6.45, 7) is 0.316. The molecule has 0 fully saturated rings. The molecule has 15 heavy (non-hydrogen) atoms. The predicted molar refractivity (Wildman–Crippen MR) is 58.5 cm³/mol. The Morgan fingerprint density at radius 1 is 1.40 bits per heavy atom. The van der Waals surface area contributed by atoms with Crippen LogP contribution in [-0.4, -0.2) is 33.0 Å². The first-order valence-corrected chi connectivity index (χ1v) is 5.28. The van der Waals surface area contributed by atoms with Crippen molar-refractivity contribution in [3.63, 3.8) is 0 Å². The standard InChI is InChI=1S/C10H9NO3S/c12-7-3-1-6(2-4-7)9-11-5-8(15-9)10(13)14/h1-4,8,12H,5H2,(H,13,14). The zero-order chi connectivity index (χ0) is 10.8. The minimum atomic E-state index is -0.836. The van der Waals surface area contributed by atoms with E-state index in [-0.39, 0.29) is 5.75 Å². The zero-order valence-electron chi connectivity index (χ0n) is 7.75.